The highest BCUT2D eigenvalue weighted by molar-refractivity contribution is 5.80. The van der Waals surface area contributed by atoms with Crippen LogP contribution in [0.3, 0.4) is 0 Å². The van der Waals surface area contributed by atoms with Gasteiger partial charge in [-0.1, -0.05) is 6.92 Å². The van der Waals surface area contributed by atoms with Gasteiger partial charge in [0.1, 0.15) is 17.7 Å². The molecule has 0 aromatic heterocycles. The molecule has 2 N–H and O–H groups in total. The fourth-order valence-corrected chi connectivity index (χ4v) is 1.78. The molecule has 2 atom stereocenters. The van der Waals surface area contributed by atoms with E-state index >= 15 is 0 Å². The largest absolute Gasteiger partial charge is 0.489 e. The highest BCUT2D eigenvalue weighted by atomic mass is 19.1. The molecule has 7 heteroatoms. The minimum absolute atomic E-state index is 0.142. The van der Waals surface area contributed by atoms with E-state index in [1.54, 1.807) is 26.1 Å². The Labute approximate surface area is 136 Å². The Balaban J connectivity index is 2.36. The maximum atomic E-state index is 12.8. The Morgan fingerprint density at radius 2 is 1.83 bits per heavy atom. The molecule has 0 radical (unpaired) electrons. The molecule has 0 heterocycles. The van der Waals surface area contributed by atoms with Gasteiger partial charge < -0.3 is 20.1 Å². The number of hydrogen-bond acceptors (Lipinski definition) is 4. The zero-order valence-electron chi connectivity index (χ0n) is 13.9. The van der Waals surface area contributed by atoms with Crippen LogP contribution < -0.4 is 15.4 Å². The molecule has 1 rings (SSSR count). The number of ether oxygens (including phenoxy) is 2. The number of halogens is 1. The normalized spacial score (nSPS) is 13.9. The zero-order chi connectivity index (χ0) is 17.2. The number of carbonyl (C=O) groups is 1. The zero-order valence-corrected chi connectivity index (χ0v) is 13.9. The van der Waals surface area contributed by atoms with Gasteiger partial charge in [-0.25, -0.2) is 4.39 Å². The maximum absolute atomic E-state index is 12.8. The summed E-state index contributed by atoms with van der Waals surface area (Å²) in [6.07, 6.45) is -0.142. The molecule has 1 aromatic carbocycles. The quantitative estimate of drug-likeness (QED) is 0.452. The predicted molar refractivity (Wildman–Crippen MR) is 87.0 cm³/mol. The number of nitrogens with zero attached hydrogens (tertiary/aromatic N) is 1. The lowest BCUT2D eigenvalue weighted by molar-refractivity contribution is -0.144. The van der Waals surface area contributed by atoms with Crippen molar-refractivity contribution in [3.63, 3.8) is 0 Å². The average Bonchev–Trinajstić information content (AvgIpc) is 2.56. The first-order valence-corrected chi connectivity index (χ1v) is 7.40. The smallest absolute Gasteiger partial charge is 0.310 e. The molecular formula is C16H24FN3O3. The van der Waals surface area contributed by atoms with E-state index < -0.39 is 0 Å². The summed E-state index contributed by atoms with van der Waals surface area (Å²) in [5, 5.41) is 6.14. The number of nitrogens with one attached hydrogen (secondary N) is 2. The Morgan fingerprint density at radius 3 is 2.39 bits per heavy atom. The van der Waals surface area contributed by atoms with E-state index in [-0.39, 0.29) is 23.8 Å². The van der Waals surface area contributed by atoms with Crippen molar-refractivity contribution in [1.29, 1.82) is 0 Å². The molecule has 0 spiro atoms. The van der Waals surface area contributed by atoms with Crippen LogP contribution in [-0.4, -0.2) is 45.3 Å². The van der Waals surface area contributed by atoms with Crippen LogP contribution in [-0.2, 0) is 9.53 Å². The van der Waals surface area contributed by atoms with Crippen molar-refractivity contribution in [2.24, 2.45) is 10.9 Å². The van der Waals surface area contributed by atoms with Gasteiger partial charge in [0.25, 0.3) is 0 Å². The third-order valence-corrected chi connectivity index (χ3v) is 3.11. The summed E-state index contributed by atoms with van der Waals surface area (Å²) in [6, 6.07) is 5.86. The third kappa shape index (κ3) is 6.99. The van der Waals surface area contributed by atoms with E-state index in [1.165, 1.54) is 19.2 Å². The summed E-state index contributed by atoms with van der Waals surface area (Å²) < 4.78 is 23.2. The van der Waals surface area contributed by atoms with Crippen molar-refractivity contribution in [2.75, 3.05) is 27.2 Å². The highest BCUT2D eigenvalue weighted by Crippen LogP contribution is 2.12. The number of methoxy groups -OCH3 is 1. The Morgan fingerprint density at radius 1 is 1.22 bits per heavy atom. The number of rotatable bonds is 7. The van der Waals surface area contributed by atoms with E-state index in [2.05, 4.69) is 20.4 Å². The first-order valence-electron chi connectivity index (χ1n) is 7.40. The molecule has 0 saturated heterocycles. The molecule has 2 unspecified atom stereocenters. The summed E-state index contributed by atoms with van der Waals surface area (Å²) >= 11 is 0. The van der Waals surface area contributed by atoms with Crippen LogP contribution in [0.5, 0.6) is 5.75 Å². The lowest BCUT2D eigenvalue weighted by atomic mass is 10.2. The van der Waals surface area contributed by atoms with Crippen LogP contribution in [0.25, 0.3) is 0 Å². The highest BCUT2D eigenvalue weighted by Gasteiger charge is 2.13. The minimum atomic E-state index is -0.299. The monoisotopic (exact) mass is 325 g/mol. The van der Waals surface area contributed by atoms with E-state index in [9.17, 15) is 9.18 Å². The van der Waals surface area contributed by atoms with Crippen LogP contribution in [0.1, 0.15) is 13.8 Å². The van der Waals surface area contributed by atoms with Gasteiger partial charge in [0.05, 0.1) is 19.6 Å². The second-order valence-electron chi connectivity index (χ2n) is 5.14. The molecule has 0 amide bonds. The van der Waals surface area contributed by atoms with Gasteiger partial charge in [-0.05, 0) is 31.2 Å². The van der Waals surface area contributed by atoms with Crippen LogP contribution >= 0.6 is 0 Å². The number of esters is 1. The van der Waals surface area contributed by atoms with Crippen molar-refractivity contribution in [2.45, 2.75) is 20.0 Å². The second-order valence-corrected chi connectivity index (χ2v) is 5.14. The standard InChI is InChI=1S/C16H24FN3O3/c1-11(15(21)22-4)9-19-16(18-3)20-10-12(2)23-14-7-5-13(17)6-8-14/h5-8,11-12H,9-10H2,1-4H3,(H2,18,19,20). The summed E-state index contributed by atoms with van der Waals surface area (Å²) in [5.74, 6) is 0.318. The summed E-state index contributed by atoms with van der Waals surface area (Å²) in [5.41, 5.74) is 0. The minimum Gasteiger partial charge on any atom is -0.489 e. The fraction of sp³-hybridized carbons (Fsp3) is 0.500. The molecular weight excluding hydrogens is 301 g/mol. The Bertz CT molecular complexity index is 520. The van der Waals surface area contributed by atoms with Crippen molar-refractivity contribution in [3.05, 3.63) is 30.1 Å². The summed E-state index contributed by atoms with van der Waals surface area (Å²) in [4.78, 5) is 15.4. The molecule has 23 heavy (non-hydrogen) atoms. The number of aliphatic imine (C=N–C) groups is 1. The van der Waals surface area contributed by atoms with Gasteiger partial charge in [-0.2, -0.15) is 0 Å². The topological polar surface area (TPSA) is 72.0 Å². The van der Waals surface area contributed by atoms with Crippen molar-refractivity contribution >= 4 is 11.9 Å². The molecule has 0 aliphatic carbocycles. The first kappa shape index (κ1) is 18.7. The van der Waals surface area contributed by atoms with Crippen molar-refractivity contribution in [1.82, 2.24) is 10.6 Å². The first-order chi connectivity index (χ1) is 11.0. The number of hydrogen-bond donors (Lipinski definition) is 2. The molecule has 1 aromatic rings. The molecule has 6 nitrogen and oxygen atoms in total. The predicted octanol–water partition coefficient (Wildman–Crippen LogP) is 1.57. The molecule has 0 bridgehead atoms. The second kappa shape index (κ2) is 9.66. The van der Waals surface area contributed by atoms with Crippen LogP contribution in [0.2, 0.25) is 0 Å². The van der Waals surface area contributed by atoms with Crippen LogP contribution in [0.4, 0.5) is 4.39 Å². The maximum Gasteiger partial charge on any atom is 0.310 e. The van der Waals surface area contributed by atoms with Crippen molar-refractivity contribution < 1.29 is 18.7 Å². The summed E-state index contributed by atoms with van der Waals surface area (Å²) in [6.45, 7) is 4.58. The molecule has 0 aliphatic rings. The number of benzene rings is 1. The van der Waals surface area contributed by atoms with Gasteiger partial charge in [-0.3, -0.25) is 9.79 Å². The van der Waals surface area contributed by atoms with Gasteiger partial charge >= 0.3 is 5.97 Å². The van der Waals surface area contributed by atoms with Gasteiger partial charge in [0.15, 0.2) is 5.96 Å². The number of guanidine groups is 1. The van der Waals surface area contributed by atoms with E-state index in [0.717, 1.165) is 0 Å². The lowest BCUT2D eigenvalue weighted by Crippen LogP contribution is -2.44. The van der Waals surface area contributed by atoms with E-state index in [1.807, 2.05) is 6.92 Å². The van der Waals surface area contributed by atoms with Gasteiger partial charge in [-0.15, -0.1) is 0 Å². The Hall–Kier alpha value is -2.31. The van der Waals surface area contributed by atoms with Gasteiger partial charge in [0.2, 0.25) is 0 Å². The van der Waals surface area contributed by atoms with Crippen molar-refractivity contribution in [3.8, 4) is 5.75 Å². The molecule has 0 saturated carbocycles. The van der Waals surface area contributed by atoms with Crippen LogP contribution in [0, 0.1) is 11.7 Å². The third-order valence-electron chi connectivity index (χ3n) is 3.11. The lowest BCUT2D eigenvalue weighted by Gasteiger charge is -2.18. The number of carbonyl (C=O) groups excluding carboxylic acids is 1. The van der Waals surface area contributed by atoms with Crippen LogP contribution in [0.15, 0.2) is 29.3 Å². The van der Waals surface area contributed by atoms with E-state index in [4.69, 9.17) is 4.74 Å². The SMILES string of the molecule is CN=C(NCC(C)Oc1ccc(F)cc1)NCC(C)C(=O)OC. The average molecular weight is 325 g/mol. The van der Waals surface area contributed by atoms with E-state index in [0.29, 0.717) is 24.8 Å². The molecule has 0 aliphatic heterocycles. The summed E-state index contributed by atoms with van der Waals surface area (Å²) in [7, 11) is 3.00. The Kier molecular flexibility index (Phi) is 7.87. The molecule has 0 fully saturated rings. The van der Waals surface area contributed by atoms with Gasteiger partial charge in [0, 0.05) is 13.6 Å². The molecule has 128 valence electrons. The fourth-order valence-electron chi connectivity index (χ4n) is 1.78.